The summed E-state index contributed by atoms with van der Waals surface area (Å²) in [6, 6.07) is 0.422. The number of hydrogen-bond donors (Lipinski definition) is 1. The van der Waals surface area contributed by atoms with Gasteiger partial charge in [0, 0.05) is 12.5 Å². The molecular weight excluding hydrogens is 318 g/mol. The van der Waals surface area contributed by atoms with Crippen molar-refractivity contribution in [3.05, 3.63) is 0 Å². The highest BCUT2D eigenvalue weighted by atomic mass is 16.1. The average Bonchev–Trinajstić information content (AvgIpc) is 2.64. The van der Waals surface area contributed by atoms with Crippen LogP contribution in [0.2, 0.25) is 0 Å². The molecule has 0 saturated carbocycles. The van der Waals surface area contributed by atoms with E-state index in [4.69, 9.17) is 0 Å². The van der Waals surface area contributed by atoms with Crippen LogP contribution in [0.1, 0.15) is 143 Å². The fourth-order valence-corrected chi connectivity index (χ4v) is 3.64. The Balaban J connectivity index is 3.99. The van der Waals surface area contributed by atoms with Crippen molar-refractivity contribution in [2.45, 2.75) is 149 Å². The zero-order valence-electron chi connectivity index (χ0n) is 18.4. The third-order valence-corrected chi connectivity index (χ3v) is 5.43. The number of unbranched alkanes of at least 4 members (excludes halogenated alkanes) is 13. The standard InChI is InChI=1S/C24H49NO/c1-4-7-10-13-15-17-20-23(21-18-16-14-11-8-5-2)25-24(26)22-19-12-9-6-3/h23H,4-22H2,1-3H3,(H,25,26). The summed E-state index contributed by atoms with van der Waals surface area (Å²) >= 11 is 0. The molecule has 0 aliphatic rings. The number of nitrogens with one attached hydrogen (secondary N) is 1. The molecule has 1 N–H and O–H groups in total. The van der Waals surface area contributed by atoms with Crippen LogP contribution < -0.4 is 5.32 Å². The predicted molar refractivity (Wildman–Crippen MR) is 117 cm³/mol. The molecule has 0 unspecified atom stereocenters. The second-order valence-electron chi connectivity index (χ2n) is 8.19. The van der Waals surface area contributed by atoms with E-state index < -0.39 is 0 Å². The molecule has 156 valence electrons. The molecule has 0 saturated heterocycles. The lowest BCUT2D eigenvalue weighted by Gasteiger charge is -2.19. The lowest BCUT2D eigenvalue weighted by molar-refractivity contribution is -0.122. The van der Waals surface area contributed by atoms with E-state index in [1.807, 2.05) is 0 Å². The Labute approximate surface area is 165 Å². The highest BCUT2D eigenvalue weighted by Crippen LogP contribution is 2.15. The minimum atomic E-state index is 0.295. The van der Waals surface area contributed by atoms with Crippen LogP contribution >= 0.6 is 0 Å². The summed E-state index contributed by atoms with van der Waals surface area (Å²) in [5, 5.41) is 3.36. The quantitative estimate of drug-likeness (QED) is 0.217. The molecule has 0 aliphatic heterocycles. The van der Waals surface area contributed by atoms with Gasteiger partial charge >= 0.3 is 0 Å². The van der Waals surface area contributed by atoms with Gasteiger partial charge in [-0.2, -0.15) is 0 Å². The minimum Gasteiger partial charge on any atom is -0.353 e. The monoisotopic (exact) mass is 367 g/mol. The van der Waals surface area contributed by atoms with Crippen LogP contribution in [0.25, 0.3) is 0 Å². The predicted octanol–water partition coefficient (Wildman–Crippen LogP) is 7.94. The first kappa shape index (κ1) is 25.5. The lowest BCUT2D eigenvalue weighted by Crippen LogP contribution is -2.34. The van der Waals surface area contributed by atoms with Gasteiger partial charge in [-0.05, 0) is 19.3 Å². The summed E-state index contributed by atoms with van der Waals surface area (Å²) in [4.78, 5) is 12.3. The Morgan fingerprint density at radius 1 is 0.577 bits per heavy atom. The molecule has 2 nitrogen and oxygen atoms in total. The van der Waals surface area contributed by atoms with Gasteiger partial charge in [0.2, 0.25) is 5.91 Å². The Kier molecular flexibility index (Phi) is 20.4. The fraction of sp³-hybridized carbons (Fsp3) is 0.958. The van der Waals surface area contributed by atoms with Crippen molar-refractivity contribution in [3.63, 3.8) is 0 Å². The second kappa shape index (κ2) is 20.8. The average molecular weight is 368 g/mol. The molecule has 0 rings (SSSR count). The van der Waals surface area contributed by atoms with Crippen molar-refractivity contribution in [3.8, 4) is 0 Å². The van der Waals surface area contributed by atoms with Gasteiger partial charge in [0.25, 0.3) is 0 Å². The maximum atomic E-state index is 12.3. The van der Waals surface area contributed by atoms with E-state index in [1.165, 1.54) is 109 Å². The largest absolute Gasteiger partial charge is 0.353 e. The maximum absolute atomic E-state index is 12.3. The number of carbonyl (C=O) groups is 1. The molecule has 0 bridgehead atoms. The molecule has 0 aromatic carbocycles. The summed E-state index contributed by atoms with van der Waals surface area (Å²) in [7, 11) is 0. The van der Waals surface area contributed by atoms with Gasteiger partial charge in [-0.3, -0.25) is 4.79 Å². The smallest absolute Gasteiger partial charge is 0.220 e. The van der Waals surface area contributed by atoms with Gasteiger partial charge in [0.1, 0.15) is 0 Å². The van der Waals surface area contributed by atoms with Crippen LogP contribution in [0.5, 0.6) is 0 Å². The van der Waals surface area contributed by atoms with Crippen LogP contribution in [0, 0.1) is 0 Å². The zero-order chi connectivity index (χ0) is 19.3. The Morgan fingerprint density at radius 3 is 1.42 bits per heavy atom. The molecule has 0 aromatic heterocycles. The molecule has 26 heavy (non-hydrogen) atoms. The van der Waals surface area contributed by atoms with Gasteiger partial charge in [-0.15, -0.1) is 0 Å². The third-order valence-electron chi connectivity index (χ3n) is 5.43. The third kappa shape index (κ3) is 18.3. The first-order valence-corrected chi connectivity index (χ1v) is 12.0. The topological polar surface area (TPSA) is 29.1 Å². The van der Waals surface area contributed by atoms with Gasteiger partial charge in [0.05, 0.1) is 0 Å². The van der Waals surface area contributed by atoms with Crippen LogP contribution in [-0.4, -0.2) is 11.9 Å². The summed E-state index contributed by atoms with van der Waals surface area (Å²) in [5.74, 6) is 0.295. The molecule has 0 radical (unpaired) electrons. The van der Waals surface area contributed by atoms with Crippen molar-refractivity contribution in [2.75, 3.05) is 0 Å². The molecule has 0 heterocycles. The van der Waals surface area contributed by atoms with Crippen LogP contribution in [0.4, 0.5) is 0 Å². The number of amides is 1. The first-order chi connectivity index (χ1) is 12.7. The van der Waals surface area contributed by atoms with E-state index >= 15 is 0 Å². The van der Waals surface area contributed by atoms with Crippen molar-refractivity contribution < 1.29 is 4.79 Å². The molecule has 0 aliphatic carbocycles. The zero-order valence-corrected chi connectivity index (χ0v) is 18.4. The number of rotatable bonds is 20. The van der Waals surface area contributed by atoms with Gasteiger partial charge in [0.15, 0.2) is 0 Å². The van der Waals surface area contributed by atoms with E-state index in [1.54, 1.807) is 0 Å². The summed E-state index contributed by atoms with van der Waals surface area (Å²) in [6.07, 6.45) is 23.9. The normalized spacial score (nSPS) is 11.2. The first-order valence-electron chi connectivity index (χ1n) is 12.0. The molecule has 1 amide bonds. The van der Waals surface area contributed by atoms with Crippen molar-refractivity contribution in [1.29, 1.82) is 0 Å². The van der Waals surface area contributed by atoms with Crippen LogP contribution in [-0.2, 0) is 4.79 Å². The van der Waals surface area contributed by atoms with Crippen molar-refractivity contribution in [1.82, 2.24) is 5.32 Å². The van der Waals surface area contributed by atoms with Gasteiger partial charge in [-0.1, -0.05) is 117 Å². The van der Waals surface area contributed by atoms with E-state index in [0.29, 0.717) is 11.9 Å². The van der Waals surface area contributed by atoms with Gasteiger partial charge in [-0.25, -0.2) is 0 Å². The highest BCUT2D eigenvalue weighted by molar-refractivity contribution is 5.76. The second-order valence-corrected chi connectivity index (χ2v) is 8.19. The lowest BCUT2D eigenvalue weighted by atomic mass is 9.99. The Hall–Kier alpha value is -0.530. The molecule has 2 heteroatoms. The summed E-state index contributed by atoms with van der Waals surface area (Å²) < 4.78 is 0. The molecule has 0 fully saturated rings. The summed E-state index contributed by atoms with van der Waals surface area (Å²) in [6.45, 7) is 6.76. The SMILES string of the molecule is CCCCCCCCC(CCCCCCCC)NC(=O)CCCCCC. The van der Waals surface area contributed by atoms with E-state index in [-0.39, 0.29) is 0 Å². The maximum Gasteiger partial charge on any atom is 0.220 e. The Bertz CT molecular complexity index is 274. The number of hydrogen-bond acceptors (Lipinski definition) is 1. The van der Waals surface area contributed by atoms with E-state index in [9.17, 15) is 4.79 Å². The molecule has 0 aromatic rings. The van der Waals surface area contributed by atoms with E-state index in [2.05, 4.69) is 26.1 Å². The summed E-state index contributed by atoms with van der Waals surface area (Å²) in [5.41, 5.74) is 0. The van der Waals surface area contributed by atoms with Crippen LogP contribution in [0.15, 0.2) is 0 Å². The number of carbonyl (C=O) groups excluding carboxylic acids is 1. The Morgan fingerprint density at radius 2 is 0.962 bits per heavy atom. The van der Waals surface area contributed by atoms with Crippen LogP contribution in [0.3, 0.4) is 0 Å². The minimum absolute atomic E-state index is 0.295. The fourth-order valence-electron chi connectivity index (χ4n) is 3.64. The van der Waals surface area contributed by atoms with E-state index in [0.717, 1.165) is 12.8 Å². The van der Waals surface area contributed by atoms with Crippen molar-refractivity contribution in [2.24, 2.45) is 0 Å². The molecular formula is C24H49NO. The highest BCUT2D eigenvalue weighted by Gasteiger charge is 2.12. The molecule has 0 spiro atoms. The molecule has 0 atom stereocenters. The van der Waals surface area contributed by atoms with Crippen molar-refractivity contribution >= 4 is 5.91 Å². The van der Waals surface area contributed by atoms with Gasteiger partial charge < -0.3 is 5.32 Å².